The third-order valence-corrected chi connectivity index (χ3v) is 6.63. The van der Waals surface area contributed by atoms with E-state index in [0.717, 1.165) is 11.3 Å². The molecule has 3 aromatic rings. The summed E-state index contributed by atoms with van der Waals surface area (Å²) in [5.74, 6) is -1.13. The highest BCUT2D eigenvalue weighted by molar-refractivity contribution is 7.92. The van der Waals surface area contributed by atoms with Crippen molar-refractivity contribution in [3.63, 3.8) is 0 Å². The van der Waals surface area contributed by atoms with Gasteiger partial charge >= 0.3 is 5.97 Å². The van der Waals surface area contributed by atoms with Gasteiger partial charge in [0.15, 0.2) is 5.78 Å². The standard InChI is InChI=1S/C22H20N2O6S2/c1-3-30-22(27)19-11-12-20(31-19)23-21(26)16-5-4-6-18(13-16)32(28,29)24-17-9-7-15(8-10-17)14(2)25/h4-13,24H,3H2,1-2H3,(H,23,26). The van der Waals surface area contributed by atoms with Gasteiger partial charge in [0.05, 0.1) is 16.5 Å². The highest BCUT2D eigenvalue weighted by Gasteiger charge is 2.18. The molecule has 8 nitrogen and oxygen atoms in total. The number of rotatable bonds is 8. The van der Waals surface area contributed by atoms with Crippen LogP contribution in [-0.2, 0) is 14.8 Å². The number of ether oxygens (including phenoxy) is 1. The van der Waals surface area contributed by atoms with E-state index in [4.69, 9.17) is 4.74 Å². The summed E-state index contributed by atoms with van der Waals surface area (Å²) in [6.07, 6.45) is 0. The van der Waals surface area contributed by atoms with Gasteiger partial charge in [0.1, 0.15) is 4.88 Å². The molecule has 0 fully saturated rings. The van der Waals surface area contributed by atoms with Crippen LogP contribution in [0.4, 0.5) is 10.7 Å². The first-order valence-electron chi connectivity index (χ1n) is 9.52. The Hall–Kier alpha value is -3.50. The Balaban J connectivity index is 1.74. The van der Waals surface area contributed by atoms with Crippen LogP contribution in [0.1, 0.15) is 44.2 Å². The molecule has 3 rings (SSSR count). The maximum atomic E-state index is 12.7. The number of hydrogen-bond donors (Lipinski definition) is 2. The molecule has 0 atom stereocenters. The molecule has 0 aliphatic carbocycles. The largest absolute Gasteiger partial charge is 0.462 e. The highest BCUT2D eigenvalue weighted by atomic mass is 32.2. The van der Waals surface area contributed by atoms with Gasteiger partial charge in [0.2, 0.25) is 0 Å². The maximum absolute atomic E-state index is 12.7. The van der Waals surface area contributed by atoms with Crippen molar-refractivity contribution in [2.75, 3.05) is 16.6 Å². The monoisotopic (exact) mass is 472 g/mol. The Morgan fingerprint density at radius 1 is 0.969 bits per heavy atom. The minimum atomic E-state index is -3.96. The molecule has 0 radical (unpaired) electrons. The molecule has 1 heterocycles. The first kappa shape index (κ1) is 23.2. The lowest BCUT2D eigenvalue weighted by atomic mass is 10.1. The fourth-order valence-electron chi connectivity index (χ4n) is 2.69. The molecule has 2 N–H and O–H groups in total. The number of thiophene rings is 1. The molecule has 0 saturated carbocycles. The van der Waals surface area contributed by atoms with Gasteiger partial charge in [-0.15, -0.1) is 11.3 Å². The Morgan fingerprint density at radius 3 is 2.34 bits per heavy atom. The number of amides is 1. The zero-order valence-corrected chi connectivity index (χ0v) is 18.9. The molecular formula is C22H20N2O6S2. The van der Waals surface area contributed by atoms with Gasteiger partial charge in [-0.05, 0) is 68.4 Å². The molecule has 10 heteroatoms. The van der Waals surface area contributed by atoms with Crippen molar-refractivity contribution < 1.29 is 27.5 Å². The molecule has 0 saturated heterocycles. The Kier molecular flexibility index (Phi) is 7.06. The first-order valence-corrected chi connectivity index (χ1v) is 11.8. The van der Waals surface area contributed by atoms with Gasteiger partial charge < -0.3 is 10.1 Å². The van der Waals surface area contributed by atoms with Gasteiger partial charge in [-0.1, -0.05) is 6.07 Å². The zero-order chi connectivity index (χ0) is 23.3. The molecule has 1 aromatic heterocycles. The van der Waals surface area contributed by atoms with Crippen LogP contribution in [-0.4, -0.2) is 32.7 Å². The number of esters is 1. The molecule has 166 valence electrons. The second-order valence-corrected chi connectivity index (χ2v) is 9.37. The molecule has 32 heavy (non-hydrogen) atoms. The van der Waals surface area contributed by atoms with E-state index < -0.39 is 21.9 Å². The van der Waals surface area contributed by atoms with E-state index in [2.05, 4.69) is 10.0 Å². The first-order chi connectivity index (χ1) is 15.2. The Labute approximate surface area is 189 Å². The summed E-state index contributed by atoms with van der Waals surface area (Å²) < 4.78 is 32.8. The Bertz CT molecular complexity index is 1260. The smallest absolute Gasteiger partial charge is 0.348 e. The lowest BCUT2D eigenvalue weighted by Gasteiger charge is -2.10. The van der Waals surface area contributed by atoms with Crippen molar-refractivity contribution in [1.29, 1.82) is 0 Å². The van der Waals surface area contributed by atoms with Crippen LogP contribution in [0.2, 0.25) is 0 Å². The summed E-state index contributed by atoms with van der Waals surface area (Å²) in [4.78, 5) is 36.0. The van der Waals surface area contributed by atoms with E-state index in [1.54, 1.807) is 19.1 Å². The number of nitrogens with one attached hydrogen (secondary N) is 2. The van der Waals surface area contributed by atoms with Crippen molar-refractivity contribution in [2.24, 2.45) is 0 Å². The van der Waals surface area contributed by atoms with Crippen LogP contribution >= 0.6 is 11.3 Å². The SMILES string of the molecule is CCOC(=O)c1ccc(NC(=O)c2cccc(S(=O)(=O)Nc3ccc(C(C)=O)cc3)c2)s1. The van der Waals surface area contributed by atoms with Crippen LogP contribution in [0, 0.1) is 0 Å². The molecule has 0 aliphatic heterocycles. The van der Waals surface area contributed by atoms with E-state index in [-0.39, 0.29) is 28.5 Å². The second kappa shape index (κ2) is 9.75. The second-order valence-electron chi connectivity index (χ2n) is 6.61. The quantitative estimate of drug-likeness (QED) is 0.375. The van der Waals surface area contributed by atoms with Gasteiger partial charge in [0, 0.05) is 16.8 Å². The predicted molar refractivity (Wildman–Crippen MR) is 122 cm³/mol. The zero-order valence-electron chi connectivity index (χ0n) is 17.2. The van der Waals surface area contributed by atoms with Gasteiger partial charge in [-0.25, -0.2) is 13.2 Å². The van der Waals surface area contributed by atoms with E-state index in [9.17, 15) is 22.8 Å². The third kappa shape index (κ3) is 5.59. The van der Waals surface area contributed by atoms with Crippen molar-refractivity contribution in [3.8, 4) is 0 Å². The molecule has 0 unspecified atom stereocenters. The average Bonchev–Trinajstić information content (AvgIpc) is 3.23. The number of carbonyl (C=O) groups excluding carboxylic acids is 3. The summed E-state index contributed by atoms with van der Waals surface area (Å²) in [5.41, 5.74) is 0.882. The summed E-state index contributed by atoms with van der Waals surface area (Å²) in [6.45, 7) is 3.36. The highest BCUT2D eigenvalue weighted by Crippen LogP contribution is 2.24. The van der Waals surface area contributed by atoms with Gasteiger partial charge in [0.25, 0.3) is 15.9 Å². The number of ketones is 1. The number of Topliss-reactive ketones (excluding diaryl/α,β-unsaturated/α-hetero) is 1. The predicted octanol–water partition coefficient (Wildman–Crippen LogP) is 4.18. The Morgan fingerprint density at radius 2 is 1.69 bits per heavy atom. The minimum absolute atomic E-state index is 0.0980. The van der Waals surface area contributed by atoms with Gasteiger partial charge in [-0.2, -0.15) is 0 Å². The average molecular weight is 473 g/mol. The third-order valence-electron chi connectivity index (χ3n) is 4.27. The maximum Gasteiger partial charge on any atom is 0.348 e. The lowest BCUT2D eigenvalue weighted by Crippen LogP contribution is -2.15. The number of benzene rings is 2. The fraction of sp³-hybridized carbons (Fsp3) is 0.136. The van der Waals surface area contributed by atoms with Crippen LogP contribution in [0.25, 0.3) is 0 Å². The molecule has 0 bridgehead atoms. The lowest BCUT2D eigenvalue weighted by molar-refractivity contribution is 0.0531. The summed E-state index contributed by atoms with van der Waals surface area (Å²) in [6, 6.07) is 14.7. The summed E-state index contributed by atoms with van der Waals surface area (Å²) in [7, 11) is -3.96. The molecule has 2 aromatic carbocycles. The molecule has 0 spiro atoms. The van der Waals surface area contributed by atoms with Crippen molar-refractivity contribution >= 4 is 49.7 Å². The number of hydrogen-bond acceptors (Lipinski definition) is 7. The number of anilines is 2. The van der Waals surface area contributed by atoms with Crippen LogP contribution in [0.15, 0.2) is 65.6 Å². The van der Waals surface area contributed by atoms with Crippen LogP contribution in [0.3, 0.4) is 0 Å². The van der Waals surface area contributed by atoms with Crippen molar-refractivity contribution in [1.82, 2.24) is 0 Å². The van der Waals surface area contributed by atoms with Crippen molar-refractivity contribution in [2.45, 2.75) is 18.7 Å². The van der Waals surface area contributed by atoms with Crippen LogP contribution < -0.4 is 10.0 Å². The normalized spacial score (nSPS) is 10.9. The van der Waals surface area contributed by atoms with E-state index in [1.165, 1.54) is 55.5 Å². The number of carbonyl (C=O) groups is 3. The van der Waals surface area contributed by atoms with E-state index in [0.29, 0.717) is 15.4 Å². The van der Waals surface area contributed by atoms with E-state index >= 15 is 0 Å². The van der Waals surface area contributed by atoms with Crippen molar-refractivity contribution in [3.05, 3.63) is 76.7 Å². The van der Waals surface area contributed by atoms with Gasteiger partial charge in [-0.3, -0.25) is 14.3 Å². The molecule has 1 amide bonds. The number of sulfonamides is 1. The molecule has 0 aliphatic rings. The minimum Gasteiger partial charge on any atom is -0.462 e. The summed E-state index contributed by atoms with van der Waals surface area (Å²) >= 11 is 1.06. The van der Waals surface area contributed by atoms with Crippen LogP contribution in [0.5, 0.6) is 0 Å². The van der Waals surface area contributed by atoms with E-state index in [1.807, 2.05) is 0 Å². The topological polar surface area (TPSA) is 119 Å². The summed E-state index contributed by atoms with van der Waals surface area (Å²) in [5, 5.41) is 3.07. The molecular weight excluding hydrogens is 452 g/mol. The fourth-order valence-corrected chi connectivity index (χ4v) is 4.59.